The Morgan fingerprint density at radius 3 is 2.50 bits per heavy atom. The van der Waals surface area contributed by atoms with Gasteiger partial charge in [-0.1, -0.05) is 12.1 Å². The first-order chi connectivity index (χ1) is 9.72. The van der Waals surface area contributed by atoms with Crippen LogP contribution < -0.4 is 10.6 Å². The second-order valence-electron chi connectivity index (χ2n) is 5.31. The first-order valence-electron chi connectivity index (χ1n) is 6.98. The smallest absolute Gasteiger partial charge is 0.123 e. The number of aromatic nitrogens is 1. The second-order valence-corrected chi connectivity index (χ2v) is 5.31. The minimum Gasteiger partial charge on any atom is -0.384 e. The van der Waals surface area contributed by atoms with Crippen LogP contribution in [0, 0.1) is 0 Å². The highest BCUT2D eigenvalue weighted by molar-refractivity contribution is 5.68. The van der Waals surface area contributed by atoms with Crippen LogP contribution in [0.2, 0.25) is 0 Å². The summed E-state index contributed by atoms with van der Waals surface area (Å²) in [4.78, 5) is 8.97. The summed E-state index contributed by atoms with van der Waals surface area (Å²) in [6.45, 7) is 4.40. The third kappa shape index (κ3) is 2.75. The molecule has 1 aliphatic rings. The van der Waals surface area contributed by atoms with E-state index in [2.05, 4.69) is 46.1 Å². The average molecular weight is 268 g/mol. The van der Waals surface area contributed by atoms with Gasteiger partial charge in [-0.25, -0.2) is 4.98 Å². The Bertz CT molecular complexity index is 571. The molecule has 1 saturated heterocycles. The fourth-order valence-corrected chi connectivity index (χ4v) is 2.52. The van der Waals surface area contributed by atoms with E-state index in [4.69, 9.17) is 5.73 Å². The summed E-state index contributed by atoms with van der Waals surface area (Å²) in [6.07, 6.45) is 1.83. The number of hydrogen-bond donors (Lipinski definition) is 1. The number of piperazine rings is 1. The summed E-state index contributed by atoms with van der Waals surface area (Å²) in [5.41, 5.74) is 9.22. The van der Waals surface area contributed by atoms with Gasteiger partial charge in [-0.2, -0.15) is 0 Å². The number of anilines is 2. The molecule has 0 amide bonds. The van der Waals surface area contributed by atoms with Gasteiger partial charge in [-0.15, -0.1) is 0 Å². The van der Waals surface area contributed by atoms with Crippen molar-refractivity contribution in [2.45, 2.75) is 0 Å². The van der Waals surface area contributed by atoms with Crippen molar-refractivity contribution < 1.29 is 0 Å². The van der Waals surface area contributed by atoms with Gasteiger partial charge in [-0.3, -0.25) is 0 Å². The second kappa shape index (κ2) is 5.51. The molecule has 0 bridgehead atoms. The van der Waals surface area contributed by atoms with Crippen LogP contribution in [0.5, 0.6) is 0 Å². The van der Waals surface area contributed by atoms with E-state index in [-0.39, 0.29) is 0 Å². The monoisotopic (exact) mass is 268 g/mol. The summed E-state index contributed by atoms with van der Waals surface area (Å²) in [5.74, 6) is 0.559. The fourth-order valence-electron chi connectivity index (χ4n) is 2.52. The lowest BCUT2D eigenvalue weighted by atomic mass is 10.1. The topological polar surface area (TPSA) is 45.4 Å². The molecule has 0 spiro atoms. The predicted octanol–water partition coefficient (Wildman–Crippen LogP) is 2.08. The van der Waals surface area contributed by atoms with Gasteiger partial charge in [0.1, 0.15) is 5.82 Å². The predicted molar refractivity (Wildman–Crippen MR) is 83.8 cm³/mol. The molecule has 4 heteroatoms. The maximum atomic E-state index is 5.64. The quantitative estimate of drug-likeness (QED) is 0.906. The number of benzene rings is 1. The molecule has 104 valence electrons. The minimum atomic E-state index is 0.559. The Morgan fingerprint density at radius 2 is 1.80 bits per heavy atom. The summed E-state index contributed by atoms with van der Waals surface area (Å²) < 4.78 is 0. The van der Waals surface area contributed by atoms with Crippen molar-refractivity contribution in [3.8, 4) is 11.1 Å². The molecule has 1 aromatic heterocycles. The zero-order valence-corrected chi connectivity index (χ0v) is 11.8. The van der Waals surface area contributed by atoms with Crippen molar-refractivity contribution in [1.82, 2.24) is 9.88 Å². The zero-order valence-electron chi connectivity index (χ0n) is 11.8. The highest BCUT2D eigenvalue weighted by atomic mass is 15.2. The van der Waals surface area contributed by atoms with E-state index in [1.54, 1.807) is 0 Å². The molecule has 2 aromatic rings. The van der Waals surface area contributed by atoms with Crippen LogP contribution in [0.15, 0.2) is 42.6 Å². The lowest BCUT2D eigenvalue weighted by Crippen LogP contribution is -2.44. The maximum absolute atomic E-state index is 5.64. The number of rotatable bonds is 2. The van der Waals surface area contributed by atoms with Crippen LogP contribution >= 0.6 is 0 Å². The van der Waals surface area contributed by atoms with Gasteiger partial charge in [0.2, 0.25) is 0 Å². The van der Waals surface area contributed by atoms with Gasteiger partial charge in [0, 0.05) is 43.6 Å². The van der Waals surface area contributed by atoms with Crippen LogP contribution in [-0.2, 0) is 0 Å². The molecule has 1 aliphatic heterocycles. The van der Waals surface area contributed by atoms with Crippen LogP contribution in [0.4, 0.5) is 11.5 Å². The van der Waals surface area contributed by atoms with Gasteiger partial charge in [0.05, 0.1) is 0 Å². The van der Waals surface area contributed by atoms with E-state index in [1.807, 2.05) is 18.3 Å². The molecule has 0 saturated carbocycles. The van der Waals surface area contributed by atoms with E-state index in [0.717, 1.165) is 31.7 Å². The highest BCUT2D eigenvalue weighted by Gasteiger charge is 2.14. The van der Waals surface area contributed by atoms with E-state index in [0.29, 0.717) is 5.82 Å². The highest BCUT2D eigenvalue weighted by Crippen LogP contribution is 2.25. The van der Waals surface area contributed by atoms with Gasteiger partial charge in [0.15, 0.2) is 0 Å². The van der Waals surface area contributed by atoms with Crippen molar-refractivity contribution in [2.24, 2.45) is 0 Å². The normalized spacial score (nSPS) is 16.4. The van der Waals surface area contributed by atoms with Crippen molar-refractivity contribution in [3.63, 3.8) is 0 Å². The standard InChI is InChI=1S/C16H20N4/c1-19-7-9-20(10-8-19)15-4-2-3-13(11-15)14-5-6-16(17)18-12-14/h2-6,11-12H,7-10H2,1H3,(H2,17,18). The first kappa shape index (κ1) is 12.9. The number of nitrogens with two attached hydrogens (primary N) is 1. The molecule has 2 N–H and O–H groups in total. The molecule has 1 fully saturated rings. The Morgan fingerprint density at radius 1 is 1.00 bits per heavy atom. The lowest BCUT2D eigenvalue weighted by molar-refractivity contribution is 0.313. The fraction of sp³-hybridized carbons (Fsp3) is 0.312. The van der Waals surface area contributed by atoms with Crippen molar-refractivity contribution >= 4 is 11.5 Å². The summed E-state index contributed by atoms with van der Waals surface area (Å²) in [7, 11) is 2.17. The van der Waals surface area contributed by atoms with Crippen LogP contribution in [-0.4, -0.2) is 43.1 Å². The molecular weight excluding hydrogens is 248 g/mol. The summed E-state index contributed by atoms with van der Waals surface area (Å²) in [5, 5.41) is 0. The zero-order chi connectivity index (χ0) is 13.9. The third-order valence-electron chi connectivity index (χ3n) is 3.83. The maximum Gasteiger partial charge on any atom is 0.123 e. The number of hydrogen-bond acceptors (Lipinski definition) is 4. The van der Waals surface area contributed by atoms with Crippen LogP contribution in [0.1, 0.15) is 0 Å². The molecular formula is C16H20N4. The van der Waals surface area contributed by atoms with Crippen molar-refractivity contribution in [1.29, 1.82) is 0 Å². The number of nitrogen functional groups attached to an aromatic ring is 1. The van der Waals surface area contributed by atoms with Crippen molar-refractivity contribution in [3.05, 3.63) is 42.6 Å². The van der Waals surface area contributed by atoms with Gasteiger partial charge in [0.25, 0.3) is 0 Å². The summed E-state index contributed by atoms with van der Waals surface area (Å²) >= 11 is 0. The molecule has 0 atom stereocenters. The Labute approximate surface area is 119 Å². The molecule has 0 radical (unpaired) electrons. The molecule has 0 aliphatic carbocycles. The Balaban J connectivity index is 1.84. The van der Waals surface area contributed by atoms with Gasteiger partial charge >= 0.3 is 0 Å². The first-order valence-corrected chi connectivity index (χ1v) is 6.98. The Kier molecular flexibility index (Phi) is 3.56. The average Bonchev–Trinajstić information content (AvgIpc) is 2.49. The number of nitrogens with zero attached hydrogens (tertiary/aromatic N) is 3. The third-order valence-corrected chi connectivity index (χ3v) is 3.83. The summed E-state index contributed by atoms with van der Waals surface area (Å²) in [6, 6.07) is 12.5. The van der Waals surface area contributed by atoms with E-state index in [9.17, 15) is 0 Å². The van der Waals surface area contributed by atoms with E-state index in [1.165, 1.54) is 11.3 Å². The minimum absolute atomic E-state index is 0.559. The Hall–Kier alpha value is -2.07. The van der Waals surface area contributed by atoms with Crippen LogP contribution in [0.25, 0.3) is 11.1 Å². The molecule has 2 heterocycles. The number of pyridine rings is 1. The SMILES string of the molecule is CN1CCN(c2cccc(-c3ccc(N)nc3)c2)CC1. The van der Waals surface area contributed by atoms with E-state index >= 15 is 0 Å². The van der Waals surface area contributed by atoms with Gasteiger partial charge in [-0.05, 0) is 36.9 Å². The molecule has 4 nitrogen and oxygen atoms in total. The molecule has 20 heavy (non-hydrogen) atoms. The molecule has 3 rings (SSSR count). The van der Waals surface area contributed by atoms with Gasteiger partial charge < -0.3 is 15.5 Å². The molecule has 1 aromatic carbocycles. The van der Waals surface area contributed by atoms with E-state index < -0.39 is 0 Å². The molecule has 0 unspecified atom stereocenters. The lowest BCUT2D eigenvalue weighted by Gasteiger charge is -2.34. The van der Waals surface area contributed by atoms with Crippen LogP contribution in [0.3, 0.4) is 0 Å². The number of likely N-dealkylation sites (N-methyl/N-ethyl adjacent to an activating group) is 1. The van der Waals surface area contributed by atoms with Crippen molar-refractivity contribution in [2.75, 3.05) is 43.9 Å². The largest absolute Gasteiger partial charge is 0.384 e.